The van der Waals surface area contributed by atoms with Crippen LogP contribution in [0.4, 0.5) is 17.5 Å². The van der Waals surface area contributed by atoms with Gasteiger partial charge in [-0.15, -0.1) is 0 Å². The van der Waals surface area contributed by atoms with Gasteiger partial charge >= 0.3 is 0 Å². The number of hydrogen-bond donors (Lipinski definition) is 2. The molecule has 3 aromatic rings. The number of para-hydroxylation sites is 1. The summed E-state index contributed by atoms with van der Waals surface area (Å²) in [6, 6.07) is 14.2. The zero-order chi connectivity index (χ0) is 18.6. The molecule has 134 valence electrons. The van der Waals surface area contributed by atoms with Crippen LogP contribution in [0, 0.1) is 6.92 Å². The largest absolute Gasteiger partial charge is 0.366 e. The third-order valence-corrected chi connectivity index (χ3v) is 4.06. The van der Waals surface area contributed by atoms with Gasteiger partial charge in [0.05, 0.1) is 0 Å². The van der Waals surface area contributed by atoms with E-state index in [4.69, 9.17) is 0 Å². The zero-order valence-electron chi connectivity index (χ0n) is 15.7. The van der Waals surface area contributed by atoms with Crippen molar-refractivity contribution in [2.24, 2.45) is 0 Å². The van der Waals surface area contributed by atoms with Gasteiger partial charge in [-0.1, -0.05) is 39.0 Å². The Bertz CT molecular complexity index is 869. The number of aryl methyl sites for hydroxylation is 1. The summed E-state index contributed by atoms with van der Waals surface area (Å²) in [5, 5.41) is 6.74. The smallest absolute Gasteiger partial charge is 0.229 e. The van der Waals surface area contributed by atoms with Crippen LogP contribution in [0.5, 0.6) is 0 Å². The van der Waals surface area contributed by atoms with Crippen LogP contribution in [-0.2, 0) is 12.0 Å². The van der Waals surface area contributed by atoms with E-state index in [2.05, 4.69) is 64.6 Å². The predicted octanol–water partition coefficient (Wildman–Crippen LogP) is 4.83. The molecule has 0 saturated carbocycles. The van der Waals surface area contributed by atoms with Gasteiger partial charge in [-0.05, 0) is 41.7 Å². The highest BCUT2D eigenvalue weighted by atomic mass is 15.1. The first-order valence-electron chi connectivity index (χ1n) is 8.77. The molecule has 2 heterocycles. The van der Waals surface area contributed by atoms with Crippen LogP contribution in [0.2, 0.25) is 0 Å². The van der Waals surface area contributed by atoms with Crippen LogP contribution in [0.25, 0.3) is 0 Å². The van der Waals surface area contributed by atoms with Gasteiger partial charge in [-0.2, -0.15) is 4.98 Å². The van der Waals surface area contributed by atoms with Crippen molar-refractivity contribution in [1.82, 2.24) is 15.0 Å². The summed E-state index contributed by atoms with van der Waals surface area (Å²) in [5.41, 5.74) is 4.37. The van der Waals surface area contributed by atoms with E-state index in [9.17, 15) is 0 Å². The number of rotatable bonds is 5. The molecule has 0 aliphatic heterocycles. The van der Waals surface area contributed by atoms with Crippen LogP contribution in [0.3, 0.4) is 0 Å². The maximum absolute atomic E-state index is 4.62. The molecule has 0 saturated heterocycles. The Morgan fingerprint density at radius 2 is 1.69 bits per heavy atom. The molecule has 0 radical (unpaired) electrons. The second-order valence-corrected chi connectivity index (χ2v) is 7.35. The Balaban J connectivity index is 1.80. The SMILES string of the molecule is Cc1cc(NCc2ccncc2)nc(Nc2ccccc2C(C)(C)C)n1. The molecule has 3 rings (SSSR count). The van der Waals surface area contributed by atoms with Gasteiger partial charge in [0.25, 0.3) is 0 Å². The Morgan fingerprint density at radius 3 is 2.42 bits per heavy atom. The third-order valence-electron chi connectivity index (χ3n) is 4.06. The van der Waals surface area contributed by atoms with E-state index < -0.39 is 0 Å². The highest BCUT2D eigenvalue weighted by Crippen LogP contribution is 2.30. The molecular weight excluding hydrogens is 322 g/mol. The summed E-state index contributed by atoms with van der Waals surface area (Å²) >= 11 is 0. The molecule has 2 N–H and O–H groups in total. The molecule has 1 aromatic carbocycles. The van der Waals surface area contributed by atoms with Crippen LogP contribution >= 0.6 is 0 Å². The second kappa shape index (κ2) is 7.52. The average Bonchev–Trinajstić information content (AvgIpc) is 2.60. The molecule has 0 aliphatic carbocycles. The number of benzene rings is 1. The lowest BCUT2D eigenvalue weighted by molar-refractivity contribution is 0.592. The number of aromatic nitrogens is 3. The van der Waals surface area contributed by atoms with Crippen LogP contribution in [0.15, 0.2) is 54.9 Å². The van der Waals surface area contributed by atoms with Crippen molar-refractivity contribution in [3.63, 3.8) is 0 Å². The van der Waals surface area contributed by atoms with Crippen molar-refractivity contribution in [3.8, 4) is 0 Å². The molecule has 0 spiro atoms. The monoisotopic (exact) mass is 347 g/mol. The van der Waals surface area contributed by atoms with Gasteiger partial charge in [-0.3, -0.25) is 4.98 Å². The maximum atomic E-state index is 4.62. The second-order valence-electron chi connectivity index (χ2n) is 7.35. The van der Waals surface area contributed by atoms with E-state index in [0.717, 1.165) is 22.8 Å². The number of pyridine rings is 1. The van der Waals surface area contributed by atoms with Gasteiger partial charge in [0, 0.05) is 36.4 Å². The zero-order valence-corrected chi connectivity index (χ0v) is 15.7. The van der Waals surface area contributed by atoms with Gasteiger partial charge in [0.15, 0.2) is 0 Å². The van der Waals surface area contributed by atoms with Gasteiger partial charge < -0.3 is 10.6 Å². The van der Waals surface area contributed by atoms with Crippen LogP contribution in [-0.4, -0.2) is 15.0 Å². The summed E-state index contributed by atoms with van der Waals surface area (Å²) in [6.45, 7) is 9.27. The minimum atomic E-state index is 0.0375. The lowest BCUT2D eigenvalue weighted by atomic mass is 9.86. The van der Waals surface area contributed by atoms with E-state index in [1.54, 1.807) is 12.4 Å². The first-order chi connectivity index (χ1) is 12.4. The van der Waals surface area contributed by atoms with Gasteiger partial charge in [0.2, 0.25) is 5.95 Å². The molecule has 0 unspecified atom stereocenters. The van der Waals surface area contributed by atoms with Crippen LogP contribution < -0.4 is 10.6 Å². The summed E-state index contributed by atoms with van der Waals surface area (Å²) in [6.07, 6.45) is 3.58. The minimum absolute atomic E-state index is 0.0375. The average molecular weight is 347 g/mol. The third kappa shape index (κ3) is 4.57. The molecule has 26 heavy (non-hydrogen) atoms. The van der Waals surface area contributed by atoms with E-state index in [0.29, 0.717) is 12.5 Å². The van der Waals surface area contributed by atoms with Crippen molar-refractivity contribution in [1.29, 1.82) is 0 Å². The van der Waals surface area contributed by atoms with Crippen LogP contribution in [0.1, 0.15) is 37.6 Å². The minimum Gasteiger partial charge on any atom is -0.366 e. The molecule has 0 atom stereocenters. The Hall–Kier alpha value is -2.95. The Morgan fingerprint density at radius 1 is 0.962 bits per heavy atom. The molecule has 5 heteroatoms. The number of nitrogens with one attached hydrogen (secondary N) is 2. The summed E-state index contributed by atoms with van der Waals surface area (Å²) in [5.74, 6) is 1.39. The van der Waals surface area contributed by atoms with Gasteiger partial charge in [-0.25, -0.2) is 4.98 Å². The summed E-state index contributed by atoms with van der Waals surface area (Å²) in [4.78, 5) is 13.2. The van der Waals surface area contributed by atoms with Crippen molar-refractivity contribution in [2.45, 2.75) is 39.7 Å². The van der Waals surface area contributed by atoms with Gasteiger partial charge in [0.1, 0.15) is 5.82 Å². The highest BCUT2D eigenvalue weighted by molar-refractivity contribution is 5.61. The quantitative estimate of drug-likeness (QED) is 0.692. The predicted molar refractivity (Wildman–Crippen MR) is 107 cm³/mol. The Kier molecular flexibility index (Phi) is 5.16. The van der Waals surface area contributed by atoms with E-state index in [1.165, 1.54) is 5.56 Å². The fourth-order valence-electron chi connectivity index (χ4n) is 2.77. The number of hydrogen-bond acceptors (Lipinski definition) is 5. The van der Waals surface area contributed by atoms with Crippen molar-refractivity contribution >= 4 is 17.5 Å². The molecule has 0 amide bonds. The van der Waals surface area contributed by atoms with Crippen molar-refractivity contribution < 1.29 is 0 Å². The van der Waals surface area contributed by atoms with E-state index in [1.807, 2.05) is 31.2 Å². The summed E-state index contributed by atoms with van der Waals surface area (Å²) in [7, 11) is 0. The normalized spacial score (nSPS) is 11.2. The standard InChI is InChI=1S/C21H25N5/c1-15-13-19(23-14-16-9-11-22-12-10-16)26-20(24-15)25-18-8-6-5-7-17(18)21(2,3)4/h5-13H,14H2,1-4H3,(H2,23,24,25,26). The Labute approximate surface area is 154 Å². The molecule has 0 fully saturated rings. The number of nitrogens with zero attached hydrogens (tertiary/aromatic N) is 3. The fraction of sp³-hybridized carbons (Fsp3) is 0.286. The summed E-state index contributed by atoms with van der Waals surface area (Å²) < 4.78 is 0. The van der Waals surface area contributed by atoms with E-state index >= 15 is 0 Å². The topological polar surface area (TPSA) is 62.7 Å². The lowest BCUT2D eigenvalue weighted by Crippen LogP contribution is -2.14. The first-order valence-corrected chi connectivity index (χ1v) is 8.77. The molecule has 0 bridgehead atoms. The fourth-order valence-corrected chi connectivity index (χ4v) is 2.77. The number of anilines is 3. The first kappa shape index (κ1) is 17.9. The van der Waals surface area contributed by atoms with E-state index in [-0.39, 0.29) is 5.41 Å². The van der Waals surface area contributed by atoms with Crippen molar-refractivity contribution in [3.05, 3.63) is 71.7 Å². The highest BCUT2D eigenvalue weighted by Gasteiger charge is 2.18. The maximum Gasteiger partial charge on any atom is 0.229 e. The van der Waals surface area contributed by atoms with Crippen molar-refractivity contribution in [2.75, 3.05) is 10.6 Å². The lowest BCUT2D eigenvalue weighted by Gasteiger charge is -2.23. The molecule has 0 aliphatic rings. The molecule has 5 nitrogen and oxygen atoms in total. The molecule has 2 aromatic heterocycles. The molecular formula is C21H25N5.